The van der Waals surface area contributed by atoms with Crippen molar-refractivity contribution in [3.63, 3.8) is 0 Å². The number of nitrogens with zero attached hydrogens (tertiary/aromatic N) is 1. The lowest BCUT2D eigenvalue weighted by Crippen LogP contribution is -2.47. The molecule has 2 aliphatic heterocycles. The molecule has 0 saturated carbocycles. The Morgan fingerprint density at radius 2 is 1.95 bits per heavy atom. The van der Waals surface area contributed by atoms with Gasteiger partial charge in [0.05, 0.1) is 0 Å². The molecule has 0 aliphatic carbocycles. The van der Waals surface area contributed by atoms with Gasteiger partial charge in [0.15, 0.2) is 0 Å². The molecule has 19 heavy (non-hydrogen) atoms. The molecule has 2 N–H and O–H groups in total. The first kappa shape index (κ1) is 15.6. The highest BCUT2D eigenvalue weighted by Gasteiger charge is 2.28. The molecule has 0 amide bonds. The number of piperidine rings is 1. The van der Waals surface area contributed by atoms with E-state index >= 15 is 0 Å². The molecule has 2 aliphatic rings. The molecular formula is C12H25N3O2S2. The number of hydrogen-bond donors (Lipinski definition) is 2. The zero-order valence-electron chi connectivity index (χ0n) is 11.6. The van der Waals surface area contributed by atoms with Crippen molar-refractivity contribution in [1.82, 2.24) is 14.3 Å². The zero-order chi connectivity index (χ0) is 13.7. The maximum Gasteiger partial charge on any atom is 0.279 e. The summed E-state index contributed by atoms with van der Waals surface area (Å²) in [7, 11) is -1.31. The minimum absolute atomic E-state index is 0.469. The van der Waals surface area contributed by atoms with Crippen molar-refractivity contribution in [3.8, 4) is 0 Å². The molecule has 5 nitrogen and oxygen atoms in total. The molecule has 112 valence electrons. The van der Waals surface area contributed by atoms with Gasteiger partial charge in [0, 0.05) is 24.9 Å². The van der Waals surface area contributed by atoms with Gasteiger partial charge >= 0.3 is 0 Å². The molecule has 0 bridgehead atoms. The molecule has 2 saturated heterocycles. The average molecular weight is 307 g/mol. The van der Waals surface area contributed by atoms with Crippen LogP contribution in [0.3, 0.4) is 0 Å². The SMILES string of the molecule is CNCC1CCN(S(=O)(=O)NCC2CCCS2)CC1. The summed E-state index contributed by atoms with van der Waals surface area (Å²) >= 11 is 1.88. The van der Waals surface area contributed by atoms with Crippen LogP contribution >= 0.6 is 11.8 Å². The third-order valence-corrected chi connectivity index (χ3v) is 6.90. The van der Waals surface area contributed by atoms with E-state index < -0.39 is 10.2 Å². The minimum Gasteiger partial charge on any atom is -0.319 e. The molecule has 0 aromatic carbocycles. The van der Waals surface area contributed by atoms with Gasteiger partial charge in [-0.3, -0.25) is 0 Å². The summed E-state index contributed by atoms with van der Waals surface area (Å²) < 4.78 is 28.8. The number of nitrogens with one attached hydrogen (secondary N) is 2. The van der Waals surface area contributed by atoms with Crippen LogP contribution in [0.25, 0.3) is 0 Å². The van der Waals surface area contributed by atoms with Crippen LogP contribution in [0.2, 0.25) is 0 Å². The van der Waals surface area contributed by atoms with Crippen molar-refractivity contribution < 1.29 is 8.42 Å². The molecule has 1 unspecified atom stereocenters. The first-order valence-corrected chi connectivity index (χ1v) is 9.61. The van der Waals surface area contributed by atoms with Crippen LogP contribution < -0.4 is 10.0 Å². The lowest BCUT2D eigenvalue weighted by atomic mass is 9.98. The summed E-state index contributed by atoms with van der Waals surface area (Å²) in [6, 6.07) is 0. The van der Waals surface area contributed by atoms with E-state index in [2.05, 4.69) is 10.0 Å². The van der Waals surface area contributed by atoms with Crippen LogP contribution in [0.5, 0.6) is 0 Å². The Balaban J connectivity index is 1.76. The van der Waals surface area contributed by atoms with Gasteiger partial charge < -0.3 is 5.32 Å². The monoisotopic (exact) mass is 307 g/mol. The molecular weight excluding hydrogens is 282 g/mol. The predicted octanol–water partition coefficient (Wildman–Crippen LogP) is 0.648. The fraction of sp³-hybridized carbons (Fsp3) is 1.00. The summed E-state index contributed by atoms with van der Waals surface area (Å²) in [5.41, 5.74) is 0. The molecule has 0 spiro atoms. The zero-order valence-corrected chi connectivity index (χ0v) is 13.2. The van der Waals surface area contributed by atoms with Crippen molar-refractivity contribution in [2.75, 3.05) is 39.0 Å². The van der Waals surface area contributed by atoms with E-state index in [0.29, 0.717) is 30.8 Å². The smallest absolute Gasteiger partial charge is 0.279 e. The standard InChI is InChI=1S/C12H25N3O2S2/c1-13-9-11-4-6-15(7-5-11)19(16,17)14-10-12-3-2-8-18-12/h11-14H,2-10H2,1H3. The lowest BCUT2D eigenvalue weighted by molar-refractivity contribution is 0.268. The quantitative estimate of drug-likeness (QED) is 0.756. The Labute approximate surface area is 121 Å². The van der Waals surface area contributed by atoms with Crippen molar-refractivity contribution in [3.05, 3.63) is 0 Å². The predicted molar refractivity (Wildman–Crippen MR) is 80.6 cm³/mol. The van der Waals surface area contributed by atoms with E-state index in [4.69, 9.17) is 0 Å². The largest absolute Gasteiger partial charge is 0.319 e. The summed E-state index contributed by atoms with van der Waals surface area (Å²) in [4.78, 5) is 0. The van der Waals surface area contributed by atoms with Gasteiger partial charge in [0.2, 0.25) is 0 Å². The van der Waals surface area contributed by atoms with Crippen LogP contribution in [0.15, 0.2) is 0 Å². The minimum atomic E-state index is -3.26. The van der Waals surface area contributed by atoms with Gasteiger partial charge in [-0.05, 0) is 50.9 Å². The molecule has 0 aromatic heterocycles. The number of thioether (sulfide) groups is 1. The molecule has 2 heterocycles. The lowest BCUT2D eigenvalue weighted by Gasteiger charge is -2.31. The van der Waals surface area contributed by atoms with E-state index in [1.165, 1.54) is 12.2 Å². The first-order chi connectivity index (χ1) is 9.12. The average Bonchev–Trinajstić information content (AvgIpc) is 2.91. The van der Waals surface area contributed by atoms with Crippen molar-refractivity contribution in [2.24, 2.45) is 5.92 Å². The third kappa shape index (κ3) is 4.60. The molecule has 2 rings (SSSR count). The Morgan fingerprint density at radius 3 is 2.53 bits per heavy atom. The van der Waals surface area contributed by atoms with Crippen LogP contribution in [0.4, 0.5) is 0 Å². The maximum absolute atomic E-state index is 12.2. The van der Waals surface area contributed by atoms with Gasteiger partial charge in [-0.25, -0.2) is 4.72 Å². The topological polar surface area (TPSA) is 61.4 Å². The summed E-state index contributed by atoms with van der Waals surface area (Å²) in [5.74, 6) is 1.78. The normalized spacial score (nSPS) is 26.9. The van der Waals surface area contributed by atoms with Crippen LogP contribution in [-0.4, -0.2) is 57.0 Å². The van der Waals surface area contributed by atoms with Crippen LogP contribution in [0, 0.1) is 5.92 Å². The molecule has 0 radical (unpaired) electrons. The fourth-order valence-electron chi connectivity index (χ4n) is 2.74. The Kier molecular flexibility index (Phi) is 5.95. The molecule has 2 fully saturated rings. The van der Waals surface area contributed by atoms with E-state index in [1.807, 2.05) is 18.8 Å². The molecule has 0 aromatic rings. The second-order valence-electron chi connectivity index (χ2n) is 5.39. The fourth-order valence-corrected chi connectivity index (χ4v) is 5.33. The van der Waals surface area contributed by atoms with Gasteiger partial charge in [0.1, 0.15) is 0 Å². The van der Waals surface area contributed by atoms with Crippen molar-refractivity contribution >= 4 is 22.0 Å². The highest BCUT2D eigenvalue weighted by Crippen LogP contribution is 2.25. The van der Waals surface area contributed by atoms with Gasteiger partial charge in [0.25, 0.3) is 10.2 Å². The number of hydrogen-bond acceptors (Lipinski definition) is 4. The maximum atomic E-state index is 12.2. The van der Waals surface area contributed by atoms with Crippen molar-refractivity contribution in [2.45, 2.75) is 30.9 Å². The third-order valence-electron chi connectivity index (χ3n) is 3.92. The second kappa shape index (κ2) is 7.26. The highest BCUT2D eigenvalue weighted by molar-refractivity contribution is 8.00. The van der Waals surface area contributed by atoms with E-state index in [-0.39, 0.29) is 0 Å². The van der Waals surface area contributed by atoms with Gasteiger partial charge in [-0.15, -0.1) is 0 Å². The van der Waals surface area contributed by atoms with Crippen LogP contribution in [-0.2, 0) is 10.2 Å². The van der Waals surface area contributed by atoms with Gasteiger partial charge in [-0.1, -0.05) is 0 Å². The number of rotatable bonds is 6. The van der Waals surface area contributed by atoms with E-state index in [1.54, 1.807) is 4.31 Å². The van der Waals surface area contributed by atoms with Crippen molar-refractivity contribution in [1.29, 1.82) is 0 Å². The van der Waals surface area contributed by atoms with Crippen LogP contribution in [0.1, 0.15) is 25.7 Å². The Morgan fingerprint density at radius 1 is 1.21 bits per heavy atom. The highest BCUT2D eigenvalue weighted by atomic mass is 32.2. The Hall–Kier alpha value is 0.180. The van der Waals surface area contributed by atoms with Gasteiger partial charge in [-0.2, -0.15) is 24.5 Å². The first-order valence-electron chi connectivity index (χ1n) is 7.13. The summed E-state index contributed by atoms with van der Waals surface area (Å²) in [5, 5.41) is 3.64. The molecule has 1 atom stereocenters. The molecule has 7 heteroatoms. The Bertz CT molecular complexity index is 361. The summed E-state index contributed by atoms with van der Waals surface area (Å²) in [6.45, 7) is 2.88. The summed E-state index contributed by atoms with van der Waals surface area (Å²) in [6.07, 6.45) is 4.27. The van der Waals surface area contributed by atoms with E-state index in [0.717, 1.165) is 25.8 Å². The second-order valence-corrected chi connectivity index (χ2v) is 8.55. The van der Waals surface area contributed by atoms with E-state index in [9.17, 15) is 8.42 Å².